The molecule has 0 bridgehead atoms. The highest BCUT2D eigenvalue weighted by Gasteiger charge is 2.22. The molecule has 0 amide bonds. The predicted octanol–water partition coefficient (Wildman–Crippen LogP) is 1.21. The maximum absolute atomic E-state index is 11.2. The number of carbonyl (C=O) groups excluding carboxylic acids is 1. The molecule has 0 fully saturated rings. The maximum atomic E-state index is 11.2. The van der Waals surface area contributed by atoms with Crippen LogP contribution in [0.3, 0.4) is 0 Å². The summed E-state index contributed by atoms with van der Waals surface area (Å²) in [6.45, 7) is 2.09. The average molecular weight is 190 g/mol. The molecule has 0 aromatic carbocycles. The summed E-state index contributed by atoms with van der Waals surface area (Å²) in [4.78, 5) is 15.6. The fourth-order valence-electron chi connectivity index (χ4n) is 1.87. The molecule has 0 saturated carbocycles. The van der Waals surface area contributed by atoms with Gasteiger partial charge in [0, 0.05) is 18.7 Å². The number of hydrogen-bond donors (Lipinski definition) is 1. The fraction of sp³-hybridized carbons (Fsp3) is 0.455. The summed E-state index contributed by atoms with van der Waals surface area (Å²) in [7, 11) is 0. The summed E-state index contributed by atoms with van der Waals surface area (Å²) in [6, 6.07) is -0.0172. The van der Waals surface area contributed by atoms with Crippen LogP contribution in [0.1, 0.15) is 19.8 Å². The molecule has 3 heteroatoms. The van der Waals surface area contributed by atoms with Crippen LogP contribution in [0.4, 0.5) is 0 Å². The number of carbonyl (C=O) groups is 1. The van der Waals surface area contributed by atoms with E-state index in [1.807, 2.05) is 6.21 Å². The van der Waals surface area contributed by atoms with Gasteiger partial charge in [0.15, 0.2) is 5.78 Å². The predicted molar refractivity (Wildman–Crippen MR) is 56.0 cm³/mol. The van der Waals surface area contributed by atoms with Crippen LogP contribution in [0.25, 0.3) is 0 Å². The van der Waals surface area contributed by atoms with Gasteiger partial charge in [0.1, 0.15) is 0 Å². The van der Waals surface area contributed by atoms with Gasteiger partial charge in [-0.3, -0.25) is 9.79 Å². The molecule has 2 rings (SSSR count). The highest BCUT2D eigenvalue weighted by Crippen LogP contribution is 2.25. The molecule has 3 nitrogen and oxygen atoms in total. The SMILES string of the molecule is CC1C=NC2=C(CC(=O)C=C2)C(N)C1. The Hall–Kier alpha value is -1.22. The average Bonchev–Trinajstić information content (AvgIpc) is 2.27. The van der Waals surface area contributed by atoms with Gasteiger partial charge < -0.3 is 5.73 Å². The van der Waals surface area contributed by atoms with Crippen molar-refractivity contribution in [3.05, 3.63) is 23.4 Å². The molecule has 2 unspecified atom stereocenters. The van der Waals surface area contributed by atoms with E-state index < -0.39 is 0 Å². The Bertz CT molecular complexity index is 352. The van der Waals surface area contributed by atoms with Crippen LogP contribution >= 0.6 is 0 Å². The molecule has 74 valence electrons. The summed E-state index contributed by atoms with van der Waals surface area (Å²) in [6.07, 6.45) is 6.59. The Morgan fingerprint density at radius 1 is 1.50 bits per heavy atom. The van der Waals surface area contributed by atoms with Gasteiger partial charge in [0.05, 0.1) is 5.70 Å². The van der Waals surface area contributed by atoms with Crippen molar-refractivity contribution in [2.45, 2.75) is 25.8 Å². The molecule has 2 atom stereocenters. The monoisotopic (exact) mass is 190 g/mol. The minimum Gasteiger partial charge on any atom is -0.324 e. The van der Waals surface area contributed by atoms with Gasteiger partial charge in [-0.25, -0.2) is 0 Å². The van der Waals surface area contributed by atoms with Crippen molar-refractivity contribution in [2.24, 2.45) is 16.6 Å². The zero-order chi connectivity index (χ0) is 10.1. The lowest BCUT2D eigenvalue weighted by atomic mass is 9.91. The van der Waals surface area contributed by atoms with E-state index in [2.05, 4.69) is 11.9 Å². The molecule has 1 heterocycles. The smallest absolute Gasteiger partial charge is 0.159 e. The van der Waals surface area contributed by atoms with Crippen LogP contribution in [-0.4, -0.2) is 18.0 Å². The third-order valence-corrected chi connectivity index (χ3v) is 2.66. The second-order valence-electron chi connectivity index (χ2n) is 3.98. The van der Waals surface area contributed by atoms with Crippen LogP contribution in [0.5, 0.6) is 0 Å². The quantitative estimate of drug-likeness (QED) is 0.624. The van der Waals surface area contributed by atoms with E-state index in [0.717, 1.165) is 17.7 Å². The van der Waals surface area contributed by atoms with Gasteiger partial charge in [0.2, 0.25) is 0 Å². The van der Waals surface area contributed by atoms with E-state index in [-0.39, 0.29) is 11.8 Å². The summed E-state index contributed by atoms with van der Waals surface area (Å²) in [5.74, 6) is 0.517. The van der Waals surface area contributed by atoms with Gasteiger partial charge in [-0.1, -0.05) is 6.92 Å². The Kier molecular flexibility index (Phi) is 2.33. The van der Waals surface area contributed by atoms with E-state index in [1.54, 1.807) is 12.2 Å². The van der Waals surface area contributed by atoms with E-state index >= 15 is 0 Å². The first-order valence-corrected chi connectivity index (χ1v) is 4.90. The van der Waals surface area contributed by atoms with Crippen molar-refractivity contribution in [1.82, 2.24) is 0 Å². The lowest BCUT2D eigenvalue weighted by Crippen LogP contribution is -2.27. The summed E-state index contributed by atoms with van der Waals surface area (Å²) in [5.41, 5.74) is 7.91. The summed E-state index contributed by atoms with van der Waals surface area (Å²) >= 11 is 0. The van der Waals surface area contributed by atoms with Crippen LogP contribution in [0.15, 0.2) is 28.4 Å². The zero-order valence-electron chi connectivity index (χ0n) is 8.23. The second-order valence-corrected chi connectivity index (χ2v) is 3.98. The third kappa shape index (κ3) is 1.68. The molecule has 2 N–H and O–H groups in total. The first-order valence-electron chi connectivity index (χ1n) is 4.90. The Morgan fingerprint density at radius 2 is 2.29 bits per heavy atom. The minimum absolute atomic E-state index is 0.0172. The zero-order valence-corrected chi connectivity index (χ0v) is 8.23. The fourth-order valence-corrected chi connectivity index (χ4v) is 1.87. The molecule has 14 heavy (non-hydrogen) atoms. The molecule has 2 aliphatic rings. The van der Waals surface area contributed by atoms with Crippen LogP contribution in [-0.2, 0) is 4.79 Å². The number of hydrogen-bond acceptors (Lipinski definition) is 3. The van der Waals surface area contributed by atoms with Crippen molar-refractivity contribution in [3.8, 4) is 0 Å². The number of allylic oxidation sites excluding steroid dienone is 2. The largest absolute Gasteiger partial charge is 0.324 e. The number of rotatable bonds is 0. The molecule has 0 aromatic rings. The molecular formula is C11H14N2O. The molecule has 0 aromatic heterocycles. The molecular weight excluding hydrogens is 176 g/mol. The first kappa shape index (κ1) is 9.34. The second kappa shape index (κ2) is 3.50. The first-order chi connectivity index (χ1) is 6.66. The third-order valence-electron chi connectivity index (χ3n) is 2.66. The van der Waals surface area contributed by atoms with Crippen molar-refractivity contribution in [3.63, 3.8) is 0 Å². The summed E-state index contributed by atoms with van der Waals surface area (Å²) < 4.78 is 0. The van der Waals surface area contributed by atoms with Crippen molar-refractivity contribution < 1.29 is 4.79 Å². The molecule has 0 spiro atoms. The van der Waals surface area contributed by atoms with E-state index in [1.165, 1.54) is 0 Å². The number of nitrogens with zero attached hydrogens (tertiary/aromatic N) is 1. The van der Waals surface area contributed by atoms with Crippen molar-refractivity contribution in [2.75, 3.05) is 0 Å². The van der Waals surface area contributed by atoms with Gasteiger partial charge in [-0.05, 0) is 30.1 Å². The van der Waals surface area contributed by atoms with E-state index in [0.29, 0.717) is 12.3 Å². The lowest BCUT2D eigenvalue weighted by Gasteiger charge is -2.17. The Balaban J connectivity index is 2.35. The standard InChI is InChI=1S/C11H14N2O/c1-7-4-10(12)9-5-8(14)2-3-11(9)13-6-7/h2-3,6-7,10H,4-5,12H2,1H3. The molecule has 0 radical (unpaired) electrons. The Morgan fingerprint density at radius 3 is 3.07 bits per heavy atom. The molecule has 1 aliphatic carbocycles. The van der Waals surface area contributed by atoms with E-state index in [9.17, 15) is 4.79 Å². The Labute approximate surface area is 83.4 Å². The lowest BCUT2D eigenvalue weighted by molar-refractivity contribution is -0.114. The normalized spacial score (nSPS) is 31.7. The van der Waals surface area contributed by atoms with Gasteiger partial charge in [0.25, 0.3) is 0 Å². The van der Waals surface area contributed by atoms with Crippen LogP contribution in [0, 0.1) is 5.92 Å². The highest BCUT2D eigenvalue weighted by molar-refractivity contribution is 5.94. The maximum Gasteiger partial charge on any atom is 0.159 e. The topological polar surface area (TPSA) is 55.5 Å². The number of nitrogens with two attached hydrogens (primary N) is 1. The molecule has 0 saturated heterocycles. The van der Waals surface area contributed by atoms with Gasteiger partial charge in [-0.2, -0.15) is 0 Å². The number of ketones is 1. The highest BCUT2D eigenvalue weighted by atomic mass is 16.1. The number of aliphatic imine (C=N–C) groups is 1. The van der Waals surface area contributed by atoms with Gasteiger partial charge >= 0.3 is 0 Å². The van der Waals surface area contributed by atoms with E-state index in [4.69, 9.17) is 5.73 Å². The van der Waals surface area contributed by atoms with Gasteiger partial charge in [-0.15, -0.1) is 0 Å². The van der Waals surface area contributed by atoms with Crippen molar-refractivity contribution >= 4 is 12.0 Å². The van der Waals surface area contributed by atoms with Crippen LogP contribution in [0.2, 0.25) is 0 Å². The van der Waals surface area contributed by atoms with Crippen molar-refractivity contribution in [1.29, 1.82) is 0 Å². The minimum atomic E-state index is -0.0172. The van der Waals surface area contributed by atoms with Crippen LogP contribution < -0.4 is 5.73 Å². The molecule has 1 aliphatic heterocycles. The summed E-state index contributed by atoms with van der Waals surface area (Å²) in [5, 5.41) is 0.